The molecule has 3 heteroatoms. The zero-order valence-electron chi connectivity index (χ0n) is 6.94. The number of halogens is 2. The normalized spacial score (nSPS) is 15.7. The fourth-order valence-corrected chi connectivity index (χ4v) is 3.00. The van der Waals surface area contributed by atoms with Gasteiger partial charge in [-0.05, 0) is 53.1 Å². The number of hydrogen-bond acceptors (Lipinski definition) is 1. The van der Waals surface area contributed by atoms with E-state index < -0.39 is 0 Å². The first-order chi connectivity index (χ1) is 6.20. The maximum Gasteiger partial charge on any atom is 0.164 e. The number of hydrogen-bond donors (Lipinski definition) is 0. The van der Waals surface area contributed by atoms with Gasteiger partial charge in [-0.15, -0.1) is 0 Å². The summed E-state index contributed by atoms with van der Waals surface area (Å²) in [5, 5.41) is 0. The van der Waals surface area contributed by atoms with Crippen LogP contribution >= 0.6 is 38.5 Å². The van der Waals surface area contributed by atoms with Crippen LogP contribution < -0.4 is 0 Å². The molecule has 1 nitrogen and oxygen atoms in total. The van der Waals surface area contributed by atoms with Crippen molar-refractivity contribution < 1.29 is 4.79 Å². The van der Waals surface area contributed by atoms with Gasteiger partial charge in [-0.2, -0.15) is 0 Å². The Morgan fingerprint density at radius 1 is 1.31 bits per heavy atom. The molecule has 2 rings (SSSR count). The predicted octanol–water partition coefficient (Wildman–Crippen LogP) is 3.57. The van der Waals surface area contributed by atoms with Crippen molar-refractivity contribution in [3.05, 3.63) is 31.3 Å². The Balaban J connectivity index is 2.67. The number of carbonyl (C=O) groups excluding carboxylic acids is 1. The SMILES string of the molecule is O=C1CCCc2c(I)ccc(Br)c21. The van der Waals surface area contributed by atoms with Crippen molar-refractivity contribution in [1.29, 1.82) is 0 Å². The van der Waals surface area contributed by atoms with E-state index in [0.717, 1.165) is 22.9 Å². The van der Waals surface area contributed by atoms with Crippen LogP contribution in [0.4, 0.5) is 0 Å². The molecule has 0 fully saturated rings. The van der Waals surface area contributed by atoms with Crippen molar-refractivity contribution in [2.75, 3.05) is 0 Å². The Bertz CT molecular complexity index is 373. The second-order valence-corrected chi connectivity index (χ2v) is 5.18. The van der Waals surface area contributed by atoms with E-state index in [9.17, 15) is 4.79 Å². The number of ketones is 1. The topological polar surface area (TPSA) is 17.1 Å². The van der Waals surface area contributed by atoms with E-state index in [0.29, 0.717) is 6.42 Å². The quantitative estimate of drug-likeness (QED) is 0.654. The smallest absolute Gasteiger partial charge is 0.164 e. The van der Waals surface area contributed by atoms with Crippen LogP contribution in [0.2, 0.25) is 0 Å². The molecule has 0 N–H and O–H groups in total. The summed E-state index contributed by atoms with van der Waals surface area (Å²) in [6.45, 7) is 0. The van der Waals surface area contributed by atoms with Gasteiger partial charge in [-0.1, -0.05) is 15.9 Å². The van der Waals surface area contributed by atoms with E-state index >= 15 is 0 Å². The molecule has 0 saturated carbocycles. The standard InChI is InChI=1S/C10H8BrIO/c11-7-4-5-8(12)6-2-1-3-9(13)10(6)7/h4-5H,1-3H2. The zero-order chi connectivity index (χ0) is 9.42. The van der Waals surface area contributed by atoms with E-state index in [2.05, 4.69) is 44.6 Å². The van der Waals surface area contributed by atoms with Gasteiger partial charge >= 0.3 is 0 Å². The molecule has 68 valence electrons. The van der Waals surface area contributed by atoms with Gasteiger partial charge in [0.05, 0.1) is 0 Å². The zero-order valence-corrected chi connectivity index (χ0v) is 10.7. The molecule has 0 heterocycles. The highest BCUT2D eigenvalue weighted by Crippen LogP contribution is 2.31. The number of benzene rings is 1. The molecule has 0 amide bonds. The maximum absolute atomic E-state index is 11.6. The monoisotopic (exact) mass is 350 g/mol. The Labute approximate surface area is 99.2 Å². The molecule has 0 aliphatic heterocycles. The van der Waals surface area contributed by atoms with Gasteiger partial charge < -0.3 is 0 Å². The molecular formula is C10H8BrIO. The summed E-state index contributed by atoms with van der Waals surface area (Å²) in [6.07, 6.45) is 2.74. The minimum absolute atomic E-state index is 0.284. The van der Waals surface area contributed by atoms with E-state index in [1.807, 2.05) is 6.07 Å². The second-order valence-electron chi connectivity index (χ2n) is 3.16. The predicted molar refractivity (Wildman–Crippen MR) is 64.1 cm³/mol. The highest BCUT2D eigenvalue weighted by atomic mass is 127. The molecule has 0 aromatic heterocycles. The molecule has 0 unspecified atom stereocenters. The molecule has 0 spiro atoms. The Morgan fingerprint density at radius 2 is 2.08 bits per heavy atom. The molecule has 0 atom stereocenters. The number of carbonyl (C=O) groups is 1. The number of fused-ring (bicyclic) bond motifs is 1. The van der Waals surface area contributed by atoms with E-state index in [-0.39, 0.29) is 5.78 Å². The summed E-state index contributed by atoms with van der Waals surface area (Å²) in [5.74, 6) is 0.284. The van der Waals surface area contributed by atoms with Crippen LogP contribution in [0.1, 0.15) is 28.8 Å². The number of rotatable bonds is 0. The summed E-state index contributed by atoms with van der Waals surface area (Å²) in [5.41, 5.74) is 2.14. The van der Waals surface area contributed by atoms with E-state index in [1.54, 1.807) is 0 Å². The van der Waals surface area contributed by atoms with Crippen LogP contribution in [0.3, 0.4) is 0 Å². The van der Waals surface area contributed by atoms with Crippen molar-refractivity contribution in [2.45, 2.75) is 19.3 Å². The van der Waals surface area contributed by atoms with Crippen molar-refractivity contribution in [1.82, 2.24) is 0 Å². The highest BCUT2D eigenvalue weighted by Gasteiger charge is 2.21. The van der Waals surface area contributed by atoms with Crippen LogP contribution in [0.5, 0.6) is 0 Å². The van der Waals surface area contributed by atoms with E-state index in [1.165, 1.54) is 9.13 Å². The van der Waals surface area contributed by atoms with Gasteiger partial charge in [0.15, 0.2) is 5.78 Å². The van der Waals surface area contributed by atoms with Crippen LogP contribution in [0.15, 0.2) is 16.6 Å². The van der Waals surface area contributed by atoms with Gasteiger partial charge in [0.2, 0.25) is 0 Å². The van der Waals surface area contributed by atoms with Crippen molar-refractivity contribution in [3.63, 3.8) is 0 Å². The van der Waals surface area contributed by atoms with Crippen LogP contribution in [0.25, 0.3) is 0 Å². The summed E-state index contributed by atoms with van der Waals surface area (Å²) in [7, 11) is 0. The molecule has 0 bridgehead atoms. The lowest BCUT2D eigenvalue weighted by Gasteiger charge is -2.17. The summed E-state index contributed by atoms with van der Waals surface area (Å²) < 4.78 is 2.16. The summed E-state index contributed by atoms with van der Waals surface area (Å²) >= 11 is 5.73. The largest absolute Gasteiger partial charge is 0.294 e. The third-order valence-electron chi connectivity index (χ3n) is 2.31. The van der Waals surface area contributed by atoms with Crippen molar-refractivity contribution >= 4 is 44.3 Å². The van der Waals surface area contributed by atoms with Gasteiger partial charge in [-0.3, -0.25) is 4.79 Å². The molecule has 13 heavy (non-hydrogen) atoms. The van der Waals surface area contributed by atoms with Gasteiger partial charge in [-0.25, -0.2) is 0 Å². The van der Waals surface area contributed by atoms with Gasteiger partial charge in [0, 0.05) is 20.0 Å². The average molecular weight is 351 g/mol. The Morgan fingerprint density at radius 3 is 2.77 bits per heavy atom. The molecule has 1 aliphatic rings. The van der Waals surface area contributed by atoms with Crippen LogP contribution in [-0.2, 0) is 6.42 Å². The molecule has 1 aromatic carbocycles. The molecule has 0 radical (unpaired) electrons. The first-order valence-corrected chi connectivity index (χ1v) is 6.07. The van der Waals surface area contributed by atoms with Gasteiger partial charge in [0.1, 0.15) is 0 Å². The molecule has 1 aliphatic carbocycles. The average Bonchev–Trinajstić information content (AvgIpc) is 2.12. The maximum atomic E-state index is 11.6. The minimum Gasteiger partial charge on any atom is -0.294 e. The minimum atomic E-state index is 0.284. The van der Waals surface area contributed by atoms with Crippen LogP contribution in [0, 0.1) is 3.57 Å². The lowest BCUT2D eigenvalue weighted by molar-refractivity contribution is 0.0971. The first-order valence-electron chi connectivity index (χ1n) is 4.20. The Kier molecular flexibility index (Phi) is 2.74. The summed E-state index contributed by atoms with van der Waals surface area (Å²) in [6, 6.07) is 4.02. The highest BCUT2D eigenvalue weighted by molar-refractivity contribution is 14.1. The van der Waals surface area contributed by atoms with E-state index in [4.69, 9.17) is 0 Å². The number of Topliss-reactive ketones (excluding diaryl/α,β-unsaturated/α-hetero) is 1. The Hall–Kier alpha value is 0.1000. The van der Waals surface area contributed by atoms with Crippen molar-refractivity contribution in [2.24, 2.45) is 0 Å². The van der Waals surface area contributed by atoms with Crippen molar-refractivity contribution in [3.8, 4) is 0 Å². The lowest BCUT2D eigenvalue weighted by Crippen LogP contribution is -2.12. The fourth-order valence-electron chi connectivity index (χ4n) is 1.69. The third-order valence-corrected chi connectivity index (χ3v) is 3.99. The van der Waals surface area contributed by atoms with Crippen LogP contribution in [-0.4, -0.2) is 5.78 Å². The van der Waals surface area contributed by atoms with Gasteiger partial charge in [0.25, 0.3) is 0 Å². The fraction of sp³-hybridized carbons (Fsp3) is 0.300. The summed E-state index contributed by atoms with van der Waals surface area (Å²) in [4.78, 5) is 11.6. The second kappa shape index (κ2) is 3.69. The molecule has 1 aromatic rings. The first kappa shape index (κ1) is 9.65. The molecular weight excluding hydrogens is 343 g/mol. The third kappa shape index (κ3) is 1.68. The molecule has 0 saturated heterocycles. The lowest BCUT2D eigenvalue weighted by atomic mass is 9.91.